The van der Waals surface area contributed by atoms with Gasteiger partial charge in [0.15, 0.2) is 11.5 Å². The minimum atomic E-state index is -0.250. The second-order valence-electron chi connectivity index (χ2n) is 5.26. The third-order valence-electron chi connectivity index (χ3n) is 3.66. The number of rotatable bonds is 5. The van der Waals surface area contributed by atoms with Crippen molar-refractivity contribution in [1.29, 1.82) is 0 Å². The molecule has 1 heterocycles. The summed E-state index contributed by atoms with van der Waals surface area (Å²) in [5, 5.41) is 3.88. The van der Waals surface area contributed by atoms with E-state index in [0.29, 0.717) is 33.8 Å². The van der Waals surface area contributed by atoms with Gasteiger partial charge in [-0.2, -0.15) is 0 Å². The Morgan fingerprint density at radius 1 is 1.24 bits per heavy atom. The van der Waals surface area contributed by atoms with Crippen LogP contribution in [-0.4, -0.2) is 24.6 Å². The molecule has 3 rings (SSSR count). The fourth-order valence-electron chi connectivity index (χ4n) is 2.53. The zero-order chi connectivity index (χ0) is 17.8. The van der Waals surface area contributed by atoms with Crippen LogP contribution in [0, 0.1) is 0 Å². The lowest BCUT2D eigenvalue weighted by Gasteiger charge is -2.14. The number of para-hydroxylation sites is 1. The van der Waals surface area contributed by atoms with Gasteiger partial charge in [-0.15, -0.1) is 0 Å². The van der Waals surface area contributed by atoms with Crippen LogP contribution in [0.5, 0.6) is 11.5 Å². The molecule has 0 aliphatic rings. The van der Waals surface area contributed by atoms with Gasteiger partial charge in [0.05, 0.1) is 29.4 Å². The van der Waals surface area contributed by atoms with E-state index in [0.717, 1.165) is 10.9 Å². The maximum atomic E-state index is 12.7. The Morgan fingerprint density at radius 3 is 2.80 bits per heavy atom. The number of ether oxygens (including phenoxy) is 2. The number of carbonyl (C=O) groups is 1. The fraction of sp³-hybridized carbons (Fsp3) is 0.158. The van der Waals surface area contributed by atoms with E-state index in [1.807, 2.05) is 37.3 Å². The molecule has 1 aromatic heterocycles. The molecule has 0 aliphatic heterocycles. The fourth-order valence-corrected chi connectivity index (χ4v) is 3.09. The monoisotopic (exact) mass is 400 g/mol. The summed E-state index contributed by atoms with van der Waals surface area (Å²) < 4.78 is 11.6. The highest BCUT2D eigenvalue weighted by Crippen LogP contribution is 2.37. The molecule has 0 unspecified atom stereocenters. The molecular weight excluding hydrogens is 384 g/mol. The molecule has 3 aromatic rings. The molecule has 0 saturated heterocycles. The number of aromatic nitrogens is 1. The van der Waals surface area contributed by atoms with Crippen LogP contribution in [0.25, 0.3) is 10.9 Å². The molecule has 0 saturated carbocycles. The van der Waals surface area contributed by atoms with Crippen LogP contribution in [0.1, 0.15) is 17.3 Å². The van der Waals surface area contributed by atoms with Crippen molar-refractivity contribution >= 4 is 38.4 Å². The Bertz CT molecular complexity index is 922. The Kier molecular flexibility index (Phi) is 5.19. The van der Waals surface area contributed by atoms with Crippen molar-refractivity contribution in [3.05, 3.63) is 58.7 Å². The number of methoxy groups -OCH3 is 1. The summed E-state index contributed by atoms with van der Waals surface area (Å²) in [7, 11) is 1.54. The van der Waals surface area contributed by atoms with Gasteiger partial charge in [0.2, 0.25) is 0 Å². The van der Waals surface area contributed by atoms with Crippen LogP contribution in [0.3, 0.4) is 0 Å². The summed E-state index contributed by atoms with van der Waals surface area (Å²) in [5.74, 6) is 0.825. The van der Waals surface area contributed by atoms with Gasteiger partial charge in [-0.3, -0.25) is 9.78 Å². The Morgan fingerprint density at radius 2 is 2.04 bits per heavy atom. The molecule has 5 nitrogen and oxygen atoms in total. The molecule has 6 heteroatoms. The molecule has 0 aliphatic carbocycles. The minimum Gasteiger partial charge on any atom is -0.493 e. The lowest BCUT2D eigenvalue weighted by atomic mass is 10.1. The highest BCUT2D eigenvalue weighted by atomic mass is 79.9. The number of fused-ring (bicyclic) bond motifs is 1. The van der Waals surface area contributed by atoms with Crippen LogP contribution in [-0.2, 0) is 0 Å². The van der Waals surface area contributed by atoms with Gasteiger partial charge in [-0.1, -0.05) is 18.2 Å². The van der Waals surface area contributed by atoms with Gasteiger partial charge in [0.1, 0.15) is 0 Å². The first-order valence-corrected chi connectivity index (χ1v) is 8.58. The van der Waals surface area contributed by atoms with Crippen LogP contribution < -0.4 is 14.8 Å². The third kappa shape index (κ3) is 3.58. The highest BCUT2D eigenvalue weighted by Gasteiger charge is 2.16. The number of benzene rings is 2. The average Bonchev–Trinajstić information content (AvgIpc) is 2.63. The molecule has 0 atom stereocenters. The van der Waals surface area contributed by atoms with E-state index < -0.39 is 0 Å². The molecule has 0 spiro atoms. The summed E-state index contributed by atoms with van der Waals surface area (Å²) in [4.78, 5) is 17.0. The van der Waals surface area contributed by atoms with Gasteiger partial charge < -0.3 is 14.8 Å². The lowest BCUT2D eigenvalue weighted by molar-refractivity contribution is 0.102. The summed E-state index contributed by atoms with van der Waals surface area (Å²) in [6.45, 7) is 2.39. The number of halogens is 1. The minimum absolute atomic E-state index is 0.250. The summed E-state index contributed by atoms with van der Waals surface area (Å²) in [6.07, 6.45) is 1.70. The number of hydrogen-bond donors (Lipinski definition) is 1. The molecule has 1 amide bonds. The van der Waals surface area contributed by atoms with Crippen LogP contribution in [0.15, 0.2) is 53.1 Å². The number of pyridine rings is 1. The summed E-state index contributed by atoms with van der Waals surface area (Å²) >= 11 is 3.44. The zero-order valence-electron chi connectivity index (χ0n) is 13.9. The first-order valence-electron chi connectivity index (χ1n) is 7.79. The van der Waals surface area contributed by atoms with Crippen LogP contribution in [0.4, 0.5) is 5.69 Å². The summed E-state index contributed by atoms with van der Waals surface area (Å²) in [6, 6.07) is 12.8. The van der Waals surface area contributed by atoms with Crippen LogP contribution >= 0.6 is 15.9 Å². The van der Waals surface area contributed by atoms with E-state index >= 15 is 0 Å². The number of amides is 1. The number of nitrogens with one attached hydrogen (secondary N) is 1. The van der Waals surface area contributed by atoms with Gasteiger partial charge in [-0.25, -0.2) is 0 Å². The maximum Gasteiger partial charge on any atom is 0.255 e. The SMILES string of the molecule is CCOc1c(Br)cc(C(=O)Nc2cccc3cccnc23)cc1OC. The van der Waals surface area contributed by atoms with Gasteiger partial charge in [0.25, 0.3) is 5.91 Å². The topological polar surface area (TPSA) is 60.5 Å². The Hall–Kier alpha value is -2.60. The predicted octanol–water partition coefficient (Wildman–Crippen LogP) is 4.66. The van der Waals surface area contributed by atoms with Crippen molar-refractivity contribution < 1.29 is 14.3 Å². The van der Waals surface area contributed by atoms with Gasteiger partial charge >= 0.3 is 0 Å². The highest BCUT2D eigenvalue weighted by molar-refractivity contribution is 9.10. The second kappa shape index (κ2) is 7.53. The first kappa shape index (κ1) is 17.2. The van der Waals surface area contributed by atoms with Crippen molar-refractivity contribution in [1.82, 2.24) is 4.98 Å². The van der Waals surface area contributed by atoms with Gasteiger partial charge in [-0.05, 0) is 47.1 Å². The Labute approximate surface area is 154 Å². The first-order chi connectivity index (χ1) is 12.1. The predicted molar refractivity (Wildman–Crippen MR) is 102 cm³/mol. The van der Waals surface area contributed by atoms with E-state index in [1.54, 1.807) is 25.4 Å². The standard InChI is InChI=1S/C19H17BrN2O3/c1-3-25-18-14(20)10-13(11-16(18)24-2)19(23)22-15-8-4-6-12-7-5-9-21-17(12)15/h4-11H,3H2,1-2H3,(H,22,23). The molecular formula is C19H17BrN2O3. The number of anilines is 1. The lowest BCUT2D eigenvalue weighted by Crippen LogP contribution is -2.13. The van der Waals surface area contributed by atoms with E-state index in [-0.39, 0.29) is 5.91 Å². The van der Waals surface area contributed by atoms with Crippen LogP contribution in [0.2, 0.25) is 0 Å². The van der Waals surface area contributed by atoms with E-state index in [4.69, 9.17) is 9.47 Å². The zero-order valence-corrected chi connectivity index (χ0v) is 15.5. The Balaban J connectivity index is 1.94. The molecule has 1 N–H and O–H groups in total. The normalized spacial score (nSPS) is 10.5. The van der Waals surface area contributed by atoms with Crippen molar-refractivity contribution in [2.45, 2.75) is 6.92 Å². The number of carbonyl (C=O) groups excluding carboxylic acids is 1. The molecule has 0 fully saturated rings. The molecule has 25 heavy (non-hydrogen) atoms. The molecule has 2 aromatic carbocycles. The molecule has 0 bridgehead atoms. The van der Waals surface area contributed by atoms with Crippen molar-refractivity contribution in [2.24, 2.45) is 0 Å². The van der Waals surface area contributed by atoms with E-state index in [9.17, 15) is 4.79 Å². The largest absolute Gasteiger partial charge is 0.493 e. The quantitative estimate of drug-likeness (QED) is 0.676. The molecule has 128 valence electrons. The maximum absolute atomic E-state index is 12.7. The average molecular weight is 401 g/mol. The summed E-state index contributed by atoms with van der Waals surface area (Å²) in [5.41, 5.74) is 1.86. The smallest absolute Gasteiger partial charge is 0.255 e. The van der Waals surface area contributed by atoms with E-state index in [2.05, 4.69) is 26.2 Å². The second-order valence-corrected chi connectivity index (χ2v) is 6.11. The molecule has 0 radical (unpaired) electrons. The van der Waals surface area contributed by atoms with Gasteiger partial charge in [0, 0.05) is 17.1 Å². The van der Waals surface area contributed by atoms with Crippen molar-refractivity contribution in [3.8, 4) is 11.5 Å². The van der Waals surface area contributed by atoms with Crippen molar-refractivity contribution in [2.75, 3.05) is 19.0 Å². The van der Waals surface area contributed by atoms with Crippen molar-refractivity contribution in [3.63, 3.8) is 0 Å². The van der Waals surface area contributed by atoms with E-state index in [1.165, 1.54) is 0 Å². The number of nitrogens with zero attached hydrogens (tertiary/aromatic N) is 1. The number of hydrogen-bond acceptors (Lipinski definition) is 4. The third-order valence-corrected chi connectivity index (χ3v) is 4.25.